The van der Waals surface area contributed by atoms with Crippen molar-refractivity contribution in [2.75, 3.05) is 6.61 Å². The molecule has 1 unspecified atom stereocenters. The van der Waals surface area contributed by atoms with E-state index in [-0.39, 0.29) is 12.2 Å². The predicted octanol–water partition coefficient (Wildman–Crippen LogP) is 0.0744. The van der Waals surface area contributed by atoms with Gasteiger partial charge in [-0.1, -0.05) is 0 Å². The molecule has 1 fully saturated rings. The van der Waals surface area contributed by atoms with Crippen molar-refractivity contribution >= 4 is 5.78 Å². The zero-order valence-electron chi connectivity index (χ0n) is 5.39. The Morgan fingerprint density at radius 3 is 2.78 bits per heavy atom. The summed E-state index contributed by atoms with van der Waals surface area (Å²) in [7, 11) is 0. The summed E-state index contributed by atoms with van der Waals surface area (Å²) in [5, 5.41) is 9.10. The van der Waals surface area contributed by atoms with Gasteiger partial charge in [-0.2, -0.15) is 0 Å². The Morgan fingerprint density at radius 1 is 1.78 bits per heavy atom. The lowest BCUT2D eigenvalue weighted by atomic mass is 10.1. The molecule has 0 aromatic rings. The normalized spacial score (nSPS) is 36.9. The second-order valence-corrected chi connectivity index (χ2v) is 2.49. The Labute approximate surface area is 53.6 Å². The number of rotatable bonds is 0. The zero-order chi connectivity index (χ0) is 6.91. The van der Waals surface area contributed by atoms with Gasteiger partial charge >= 0.3 is 0 Å². The van der Waals surface area contributed by atoms with Crippen LogP contribution in [0.15, 0.2) is 0 Å². The highest BCUT2D eigenvalue weighted by Gasteiger charge is 2.28. The fourth-order valence-corrected chi connectivity index (χ4v) is 0.890. The fourth-order valence-electron chi connectivity index (χ4n) is 0.890. The van der Waals surface area contributed by atoms with Crippen molar-refractivity contribution in [1.29, 1.82) is 0 Å². The molecule has 52 valence electrons. The number of aliphatic hydroxyl groups is 1. The number of hydrogen-bond donors (Lipinski definition) is 1. The summed E-state index contributed by atoms with van der Waals surface area (Å²) in [4.78, 5) is 10.6. The predicted molar refractivity (Wildman–Crippen MR) is 30.8 cm³/mol. The molecule has 9 heavy (non-hydrogen) atoms. The first-order chi connectivity index (χ1) is 4.10. The van der Waals surface area contributed by atoms with Crippen LogP contribution in [0, 0.1) is 0 Å². The summed E-state index contributed by atoms with van der Waals surface area (Å²) in [5.41, 5.74) is 0. The molecule has 0 bridgehead atoms. The van der Waals surface area contributed by atoms with Crippen molar-refractivity contribution in [3.05, 3.63) is 0 Å². The maximum Gasteiger partial charge on any atom is 0.169 e. The summed E-state index contributed by atoms with van der Waals surface area (Å²) in [5.74, 6) is -1.12. The van der Waals surface area contributed by atoms with E-state index in [2.05, 4.69) is 0 Å². The molecule has 1 heterocycles. The molecule has 0 amide bonds. The van der Waals surface area contributed by atoms with Gasteiger partial charge in [0.1, 0.15) is 5.78 Å². The van der Waals surface area contributed by atoms with Crippen molar-refractivity contribution in [3.8, 4) is 0 Å². The van der Waals surface area contributed by atoms with Crippen LogP contribution in [0.25, 0.3) is 0 Å². The molecule has 0 aromatic heterocycles. The van der Waals surface area contributed by atoms with Crippen LogP contribution in [0.2, 0.25) is 0 Å². The molecule has 1 N–H and O–H groups in total. The minimum Gasteiger partial charge on any atom is -0.365 e. The summed E-state index contributed by atoms with van der Waals surface area (Å²) in [6.07, 6.45) is 0.573. The van der Waals surface area contributed by atoms with Gasteiger partial charge in [0.2, 0.25) is 0 Å². The average molecular weight is 130 g/mol. The Kier molecular flexibility index (Phi) is 1.55. The van der Waals surface area contributed by atoms with Gasteiger partial charge in [0, 0.05) is 6.42 Å². The maximum atomic E-state index is 10.6. The van der Waals surface area contributed by atoms with E-state index in [4.69, 9.17) is 9.84 Å². The molecule has 1 aliphatic rings. The number of ketones is 1. The van der Waals surface area contributed by atoms with Crippen molar-refractivity contribution < 1.29 is 14.6 Å². The smallest absolute Gasteiger partial charge is 0.169 e. The summed E-state index contributed by atoms with van der Waals surface area (Å²) in [6.45, 7) is 1.86. The molecule has 1 aliphatic heterocycles. The Morgan fingerprint density at radius 2 is 2.44 bits per heavy atom. The van der Waals surface area contributed by atoms with Gasteiger partial charge in [0.25, 0.3) is 0 Å². The van der Waals surface area contributed by atoms with Crippen LogP contribution < -0.4 is 0 Å². The van der Waals surface area contributed by atoms with E-state index >= 15 is 0 Å². The molecule has 3 nitrogen and oxygen atoms in total. The van der Waals surface area contributed by atoms with Gasteiger partial charge in [-0.05, 0) is 6.92 Å². The number of carbonyl (C=O) groups excluding carboxylic acids is 1. The molecule has 1 atom stereocenters. The van der Waals surface area contributed by atoms with E-state index in [1.807, 2.05) is 0 Å². The molecule has 0 radical (unpaired) electrons. The Bertz CT molecular complexity index is 128. The van der Waals surface area contributed by atoms with Crippen LogP contribution >= 0.6 is 0 Å². The highest BCUT2D eigenvalue weighted by Crippen LogP contribution is 2.17. The molecular weight excluding hydrogens is 120 g/mol. The summed E-state index contributed by atoms with van der Waals surface area (Å²) >= 11 is 0. The van der Waals surface area contributed by atoms with Crippen molar-refractivity contribution in [2.45, 2.75) is 25.6 Å². The monoisotopic (exact) mass is 130 g/mol. The van der Waals surface area contributed by atoms with Crippen LogP contribution in [0.4, 0.5) is 0 Å². The first-order valence-electron chi connectivity index (χ1n) is 2.98. The number of Topliss-reactive ketones (excluding diaryl/α,β-unsaturated/α-hetero) is 1. The fraction of sp³-hybridized carbons (Fsp3) is 0.833. The zero-order valence-corrected chi connectivity index (χ0v) is 5.39. The second kappa shape index (κ2) is 2.08. The minimum absolute atomic E-state index is 0.0752. The third-order valence-corrected chi connectivity index (χ3v) is 1.32. The SMILES string of the molecule is CC1(O)CC(=O)CCO1. The van der Waals surface area contributed by atoms with Gasteiger partial charge in [-0.25, -0.2) is 0 Å². The van der Waals surface area contributed by atoms with Crippen LogP contribution in [0.1, 0.15) is 19.8 Å². The van der Waals surface area contributed by atoms with Crippen LogP contribution in [0.5, 0.6) is 0 Å². The van der Waals surface area contributed by atoms with Gasteiger partial charge in [-0.3, -0.25) is 4.79 Å². The molecule has 3 heteroatoms. The Hall–Kier alpha value is -0.410. The number of ether oxygens (including phenoxy) is 1. The molecule has 0 aromatic carbocycles. The van der Waals surface area contributed by atoms with Gasteiger partial charge < -0.3 is 9.84 Å². The quantitative estimate of drug-likeness (QED) is 0.505. The third-order valence-electron chi connectivity index (χ3n) is 1.32. The van der Waals surface area contributed by atoms with E-state index in [1.54, 1.807) is 0 Å². The van der Waals surface area contributed by atoms with Crippen molar-refractivity contribution in [1.82, 2.24) is 0 Å². The number of hydrogen-bond acceptors (Lipinski definition) is 3. The van der Waals surface area contributed by atoms with E-state index in [9.17, 15) is 4.79 Å². The van der Waals surface area contributed by atoms with Crippen LogP contribution in [-0.2, 0) is 9.53 Å². The van der Waals surface area contributed by atoms with Gasteiger partial charge in [0.05, 0.1) is 13.0 Å². The molecule has 1 rings (SSSR count). The first-order valence-corrected chi connectivity index (χ1v) is 2.98. The molecule has 1 saturated heterocycles. The standard InChI is InChI=1S/C6H10O3/c1-6(8)4-5(7)2-3-9-6/h8H,2-4H2,1H3. The maximum absolute atomic E-state index is 10.6. The third kappa shape index (κ3) is 1.77. The molecule has 0 aliphatic carbocycles. The molecule has 0 saturated carbocycles. The van der Waals surface area contributed by atoms with E-state index in [0.717, 1.165) is 0 Å². The lowest BCUT2D eigenvalue weighted by molar-refractivity contribution is -0.208. The van der Waals surface area contributed by atoms with Crippen LogP contribution in [0.3, 0.4) is 0 Å². The van der Waals surface area contributed by atoms with Gasteiger partial charge in [-0.15, -0.1) is 0 Å². The highest BCUT2D eigenvalue weighted by molar-refractivity contribution is 5.79. The van der Waals surface area contributed by atoms with Crippen molar-refractivity contribution in [2.24, 2.45) is 0 Å². The average Bonchev–Trinajstić information content (AvgIpc) is 1.60. The second-order valence-electron chi connectivity index (χ2n) is 2.49. The minimum atomic E-state index is -1.20. The summed E-state index contributed by atoms with van der Waals surface area (Å²) in [6, 6.07) is 0. The van der Waals surface area contributed by atoms with Crippen molar-refractivity contribution in [3.63, 3.8) is 0 Å². The van der Waals surface area contributed by atoms with Crippen LogP contribution in [-0.4, -0.2) is 23.3 Å². The lowest BCUT2D eigenvalue weighted by Gasteiger charge is -2.26. The first kappa shape index (κ1) is 6.71. The summed E-state index contributed by atoms with van der Waals surface area (Å²) < 4.78 is 4.87. The van der Waals surface area contributed by atoms with E-state index in [1.165, 1.54) is 6.92 Å². The number of carbonyl (C=O) groups is 1. The van der Waals surface area contributed by atoms with E-state index in [0.29, 0.717) is 13.0 Å². The lowest BCUT2D eigenvalue weighted by Crippen LogP contribution is -2.36. The Balaban J connectivity index is 2.51. The topological polar surface area (TPSA) is 46.5 Å². The largest absolute Gasteiger partial charge is 0.365 e. The highest BCUT2D eigenvalue weighted by atomic mass is 16.6. The van der Waals surface area contributed by atoms with E-state index < -0.39 is 5.79 Å². The molecular formula is C6H10O3. The molecule has 0 spiro atoms. The van der Waals surface area contributed by atoms with Gasteiger partial charge in [0.15, 0.2) is 5.79 Å².